The molecule has 0 saturated carbocycles. The third-order valence-electron chi connectivity index (χ3n) is 5.35. The molecule has 0 radical (unpaired) electrons. The Morgan fingerprint density at radius 3 is 2.59 bits per heavy atom. The van der Waals surface area contributed by atoms with Gasteiger partial charge >= 0.3 is 10.2 Å². The van der Waals surface area contributed by atoms with Gasteiger partial charge in [0.1, 0.15) is 5.69 Å². The lowest BCUT2D eigenvalue weighted by Crippen LogP contribution is -2.42. The van der Waals surface area contributed by atoms with Crippen LogP contribution in [0.2, 0.25) is 5.02 Å². The van der Waals surface area contributed by atoms with Gasteiger partial charge < -0.3 is 14.9 Å². The molecule has 2 aromatic carbocycles. The van der Waals surface area contributed by atoms with Gasteiger partial charge in [0.05, 0.1) is 28.7 Å². The maximum Gasteiger partial charge on any atom is 0.301 e. The van der Waals surface area contributed by atoms with E-state index < -0.39 is 21.8 Å². The number of hydrogen-bond acceptors (Lipinski definition) is 6. The van der Waals surface area contributed by atoms with Gasteiger partial charge in [0.25, 0.3) is 0 Å². The molecule has 2 N–H and O–H groups in total. The van der Waals surface area contributed by atoms with Crippen molar-refractivity contribution in [3.8, 4) is 0 Å². The highest BCUT2D eigenvalue weighted by atomic mass is 127. The van der Waals surface area contributed by atoms with Gasteiger partial charge in [-0.25, -0.2) is 8.78 Å². The average Bonchev–Trinajstić information content (AvgIpc) is 3.33. The molecule has 2 aromatic rings. The zero-order chi connectivity index (χ0) is 24.3. The van der Waals surface area contributed by atoms with E-state index >= 15 is 0 Å². The summed E-state index contributed by atoms with van der Waals surface area (Å²) < 4.78 is 64.4. The van der Waals surface area contributed by atoms with E-state index in [4.69, 9.17) is 21.2 Å². The van der Waals surface area contributed by atoms with E-state index in [1.165, 1.54) is 4.31 Å². The van der Waals surface area contributed by atoms with Crippen molar-refractivity contribution < 1.29 is 26.8 Å². The zero-order valence-corrected chi connectivity index (χ0v) is 21.6. The van der Waals surface area contributed by atoms with Crippen molar-refractivity contribution in [1.82, 2.24) is 4.31 Å². The standard InChI is InChI=1S/C21H22ClF2IN4O4S/c22-15-12-13(25)3-5-17(15)26-21-18(6-4-16(23)20(21)24)28-34(30,31)29-9-7-14(8-10-29)27-33-19-2-1-11-32-19/h3-6,12,19,26,28H,1-2,7-11H2. The minimum atomic E-state index is -4.05. The van der Waals surface area contributed by atoms with Crippen molar-refractivity contribution in [1.29, 1.82) is 0 Å². The Morgan fingerprint density at radius 2 is 1.91 bits per heavy atom. The molecule has 2 saturated heterocycles. The lowest BCUT2D eigenvalue weighted by molar-refractivity contribution is -0.110. The van der Waals surface area contributed by atoms with Gasteiger partial charge in [-0.1, -0.05) is 16.8 Å². The van der Waals surface area contributed by atoms with Crippen LogP contribution in [-0.2, 0) is 19.8 Å². The first-order chi connectivity index (χ1) is 16.2. The van der Waals surface area contributed by atoms with Crippen LogP contribution in [0.4, 0.5) is 25.8 Å². The fraction of sp³-hybridized carbons (Fsp3) is 0.381. The van der Waals surface area contributed by atoms with Gasteiger partial charge in [0.2, 0.25) is 6.29 Å². The number of benzene rings is 2. The first kappa shape index (κ1) is 25.4. The fourth-order valence-corrected chi connectivity index (χ4v) is 5.67. The van der Waals surface area contributed by atoms with E-state index in [0.29, 0.717) is 25.1 Å². The monoisotopic (exact) mass is 626 g/mol. The molecule has 2 fully saturated rings. The Morgan fingerprint density at radius 1 is 1.18 bits per heavy atom. The zero-order valence-electron chi connectivity index (χ0n) is 17.9. The number of piperidine rings is 1. The van der Waals surface area contributed by atoms with Gasteiger partial charge in [0.15, 0.2) is 11.6 Å². The third kappa shape index (κ3) is 6.08. The number of anilines is 3. The van der Waals surface area contributed by atoms with Crippen LogP contribution in [0.25, 0.3) is 0 Å². The topological polar surface area (TPSA) is 92.3 Å². The lowest BCUT2D eigenvalue weighted by Gasteiger charge is -2.27. The predicted molar refractivity (Wildman–Crippen MR) is 135 cm³/mol. The van der Waals surface area contributed by atoms with Crippen LogP contribution in [-0.4, -0.2) is 44.4 Å². The van der Waals surface area contributed by atoms with Gasteiger partial charge in [-0.15, -0.1) is 0 Å². The van der Waals surface area contributed by atoms with Crippen molar-refractivity contribution in [3.63, 3.8) is 0 Å². The molecule has 0 spiro atoms. The number of nitrogens with zero attached hydrogens (tertiary/aromatic N) is 2. The highest BCUT2D eigenvalue weighted by Crippen LogP contribution is 2.34. The smallest absolute Gasteiger partial charge is 0.301 e. The molecule has 184 valence electrons. The molecule has 0 aromatic heterocycles. The fourth-order valence-electron chi connectivity index (χ4n) is 3.53. The summed E-state index contributed by atoms with van der Waals surface area (Å²) in [7, 11) is -4.05. The maximum atomic E-state index is 14.7. The summed E-state index contributed by atoms with van der Waals surface area (Å²) in [5.41, 5.74) is 0.535. The summed E-state index contributed by atoms with van der Waals surface area (Å²) in [6, 6.07) is 6.98. The van der Waals surface area contributed by atoms with Crippen molar-refractivity contribution >= 4 is 67.2 Å². The summed E-state index contributed by atoms with van der Waals surface area (Å²) >= 11 is 8.26. The van der Waals surface area contributed by atoms with E-state index in [1.54, 1.807) is 18.2 Å². The molecule has 0 amide bonds. The number of halogens is 4. The second kappa shape index (κ2) is 10.9. The van der Waals surface area contributed by atoms with Crippen LogP contribution >= 0.6 is 34.2 Å². The molecule has 8 nitrogen and oxygen atoms in total. The van der Waals surface area contributed by atoms with E-state index in [1.807, 2.05) is 0 Å². The number of rotatable bonds is 7. The molecular weight excluding hydrogens is 605 g/mol. The Balaban J connectivity index is 1.47. The lowest BCUT2D eigenvalue weighted by atomic mass is 10.1. The average molecular weight is 627 g/mol. The minimum absolute atomic E-state index is 0.144. The molecular formula is C21H22ClF2IN4O4S. The van der Waals surface area contributed by atoms with Crippen LogP contribution in [0.1, 0.15) is 25.7 Å². The van der Waals surface area contributed by atoms with Crippen LogP contribution in [0.3, 0.4) is 0 Å². The highest BCUT2D eigenvalue weighted by Gasteiger charge is 2.28. The second-order valence-corrected chi connectivity index (χ2v) is 11.1. The second-order valence-electron chi connectivity index (χ2n) is 7.74. The van der Waals surface area contributed by atoms with Crippen LogP contribution in [0, 0.1) is 15.2 Å². The Kier molecular flexibility index (Phi) is 8.12. The van der Waals surface area contributed by atoms with Crippen molar-refractivity contribution in [3.05, 3.63) is 50.6 Å². The summed E-state index contributed by atoms with van der Waals surface area (Å²) in [5, 5.41) is 7.08. The number of oxime groups is 1. The molecule has 0 bridgehead atoms. The van der Waals surface area contributed by atoms with Gasteiger partial charge in [-0.05, 0) is 59.3 Å². The van der Waals surface area contributed by atoms with Gasteiger partial charge in [-0.2, -0.15) is 12.7 Å². The highest BCUT2D eigenvalue weighted by molar-refractivity contribution is 14.1. The normalized spacial score (nSPS) is 19.2. The SMILES string of the molecule is O=S(=O)(Nc1ccc(F)c(F)c1Nc1ccc(I)cc1Cl)N1CCC(=NOC2CCCO2)CC1. The number of ether oxygens (including phenoxy) is 1. The van der Waals surface area contributed by atoms with Crippen LogP contribution in [0.5, 0.6) is 0 Å². The predicted octanol–water partition coefficient (Wildman–Crippen LogP) is 5.23. The Hall–Kier alpha value is -1.74. The summed E-state index contributed by atoms with van der Waals surface area (Å²) in [6.45, 7) is 0.973. The first-order valence-corrected chi connectivity index (χ1v) is 13.4. The van der Waals surface area contributed by atoms with E-state index in [9.17, 15) is 17.2 Å². The van der Waals surface area contributed by atoms with Crippen molar-refractivity contribution in [2.24, 2.45) is 5.16 Å². The van der Waals surface area contributed by atoms with Crippen molar-refractivity contribution in [2.45, 2.75) is 32.0 Å². The molecule has 2 aliphatic rings. The molecule has 13 heteroatoms. The van der Waals surface area contributed by atoms with Gasteiger partial charge in [0, 0.05) is 35.9 Å². The summed E-state index contributed by atoms with van der Waals surface area (Å²) in [5.74, 6) is -2.36. The molecule has 4 rings (SSSR count). The van der Waals surface area contributed by atoms with E-state index in [2.05, 4.69) is 37.8 Å². The molecule has 1 atom stereocenters. The Bertz CT molecular complexity index is 1190. The quantitative estimate of drug-likeness (QED) is 0.325. The number of nitrogens with one attached hydrogen (secondary N) is 2. The summed E-state index contributed by atoms with van der Waals surface area (Å²) in [4.78, 5) is 5.36. The largest absolute Gasteiger partial charge is 0.364 e. The van der Waals surface area contributed by atoms with Crippen LogP contribution < -0.4 is 10.0 Å². The molecule has 34 heavy (non-hydrogen) atoms. The van der Waals surface area contributed by atoms with Crippen molar-refractivity contribution in [2.75, 3.05) is 29.7 Å². The third-order valence-corrected chi connectivity index (χ3v) is 7.86. The molecule has 1 unspecified atom stereocenters. The maximum absolute atomic E-state index is 14.7. The van der Waals surface area contributed by atoms with E-state index in [-0.39, 0.29) is 35.8 Å². The van der Waals surface area contributed by atoms with Crippen LogP contribution in [0.15, 0.2) is 35.5 Å². The summed E-state index contributed by atoms with van der Waals surface area (Å²) in [6.07, 6.45) is 2.11. The Labute approximate surface area is 214 Å². The first-order valence-electron chi connectivity index (χ1n) is 10.5. The molecule has 0 aliphatic carbocycles. The van der Waals surface area contributed by atoms with Gasteiger partial charge in [-0.3, -0.25) is 4.72 Å². The molecule has 2 heterocycles. The molecule has 2 aliphatic heterocycles. The van der Waals surface area contributed by atoms with E-state index in [0.717, 1.165) is 34.3 Å². The minimum Gasteiger partial charge on any atom is -0.364 e. The number of hydrogen-bond donors (Lipinski definition) is 2.